The number of hydrogen-bond donors (Lipinski definition) is 1. The molecule has 7 heteroatoms. The number of benzene rings is 1. The number of nitrogens with one attached hydrogen (secondary N) is 1. The predicted octanol–water partition coefficient (Wildman–Crippen LogP) is 3.55. The first-order valence-electron chi connectivity index (χ1n) is 10.3. The fourth-order valence-corrected chi connectivity index (χ4v) is 4.56. The average molecular weight is 411 g/mol. The summed E-state index contributed by atoms with van der Waals surface area (Å²) in [5.41, 5.74) is 0.573. The molecule has 2 fully saturated rings. The second-order valence-corrected chi connectivity index (χ2v) is 8.05. The van der Waals surface area contributed by atoms with Crippen LogP contribution in [0.25, 0.3) is 0 Å². The molecule has 0 spiro atoms. The van der Waals surface area contributed by atoms with Crippen molar-refractivity contribution < 1.29 is 9.13 Å². The number of ether oxygens (including phenoxy) is 1. The molecule has 0 amide bonds. The summed E-state index contributed by atoms with van der Waals surface area (Å²) in [5.74, 6) is 1.19. The zero-order valence-electron chi connectivity index (χ0n) is 17.0. The minimum absolute atomic E-state index is 0.137. The number of nitrogens with zero attached hydrogens (tertiary/aromatic N) is 3. The molecule has 1 aromatic rings. The lowest BCUT2D eigenvalue weighted by atomic mass is 10.0. The molecule has 3 rings (SSSR count). The first kappa shape index (κ1) is 21.3. The summed E-state index contributed by atoms with van der Waals surface area (Å²) in [6.45, 7) is 7.97. The van der Waals surface area contributed by atoms with Crippen LogP contribution in [-0.4, -0.2) is 68.7 Å². The molecule has 1 N–H and O–H groups in total. The van der Waals surface area contributed by atoms with Gasteiger partial charge in [-0.1, -0.05) is 17.7 Å². The van der Waals surface area contributed by atoms with Crippen LogP contribution >= 0.6 is 11.6 Å². The quantitative estimate of drug-likeness (QED) is 0.551. The van der Waals surface area contributed by atoms with Crippen molar-refractivity contribution in [3.8, 4) is 0 Å². The van der Waals surface area contributed by atoms with Crippen LogP contribution in [-0.2, 0) is 4.74 Å². The van der Waals surface area contributed by atoms with E-state index in [1.165, 1.54) is 6.07 Å². The molecule has 0 saturated carbocycles. The van der Waals surface area contributed by atoms with Crippen LogP contribution in [0.4, 0.5) is 4.39 Å². The Hall–Kier alpha value is -1.37. The summed E-state index contributed by atoms with van der Waals surface area (Å²) in [5, 5.41) is 3.89. The van der Waals surface area contributed by atoms with Gasteiger partial charge in [-0.3, -0.25) is 9.89 Å². The van der Waals surface area contributed by atoms with E-state index in [9.17, 15) is 4.39 Å². The van der Waals surface area contributed by atoms with Crippen LogP contribution in [0.2, 0.25) is 5.02 Å². The van der Waals surface area contributed by atoms with Gasteiger partial charge in [-0.15, -0.1) is 0 Å². The third-order valence-corrected chi connectivity index (χ3v) is 5.98. The summed E-state index contributed by atoms with van der Waals surface area (Å²) in [4.78, 5) is 9.52. The summed E-state index contributed by atoms with van der Waals surface area (Å²) in [6.07, 6.45) is 3.38. The Labute approximate surface area is 172 Å². The highest BCUT2D eigenvalue weighted by atomic mass is 35.5. The highest BCUT2D eigenvalue weighted by molar-refractivity contribution is 6.31. The van der Waals surface area contributed by atoms with Crippen molar-refractivity contribution in [2.45, 2.75) is 32.2 Å². The highest BCUT2D eigenvalue weighted by Crippen LogP contribution is 2.32. The highest BCUT2D eigenvalue weighted by Gasteiger charge is 2.29. The van der Waals surface area contributed by atoms with Crippen molar-refractivity contribution in [1.29, 1.82) is 0 Å². The van der Waals surface area contributed by atoms with Gasteiger partial charge in [0.05, 0.1) is 19.2 Å². The van der Waals surface area contributed by atoms with Gasteiger partial charge < -0.3 is 15.0 Å². The zero-order valence-corrected chi connectivity index (χ0v) is 17.7. The van der Waals surface area contributed by atoms with Gasteiger partial charge in [0.15, 0.2) is 5.96 Å². The average Bonchev–Trinajstić information content (AvgIpc) is 3.35. The van der Waals surface area contributed by atoms with Crippen LogP contribution in [0.1, 0.15) is 37.8 Å². The van der Waals surface area contributed by atoms with Crippen LogP contribution in [0, 0.1) is 11.7 Å². The number of guanidine groups is 1. The van der Waals surface area contributed by atoms with E-state index < -0.39 is 0 Å². The van der Waals surface area contributed by atoms with E-state index in [4.69, 9.17) is 21.3 Å². The number of likely N-dealkylation sites (tertiary alicyclic amines) is 2. The number of hydrogen-bond acceptors (Lipinski definition) is 3. The molecule has 0 aliphatic carbocycles. The van der Waals surface area contributed by atoms with Gasteiger partial charge in [0.25, 0.3) is 0 Å². The molecule has 0 aromatic heterocycles. The van der Waals surface area contributed by atoms with Gasteiger partial charge in [-0.05, 0) is 51.4 Å². The maximum absolute atomic E-state index is 14.7. The van der Waals surface area contributed by atoms with E-state index in [2.05, 4.69) is 22.0 Å². The van der Waals surface area contributed by atoms with E-state index >= 15 is 0 Å². The predicted molar refractivity (Wildman–Crippen MR) is 112 cm³/mol. The standard InChI is InChI=1S/C21H32ClFN4O/c1-3-24-21(27-12-9-16(14-27)15-28-2)25-13-19(26-10-4-5-11-26)20-17(22)7-6-8-18(20)23/h6-8,16,19H,3-5,9-15H2,1-2H3,(H,24,25). The van der Waals surface area contributed by atoms with Gasteiger partial charge in [0.1, 0.15) is 5.82 Å². The topological polar surface area (TPSA) is 40.1 Å². The van der Waals surface area contributed by atoms with E-state index in [0.717, 1.165) is 64.6 Å². The van der Waals surface area contributed by atoms with Crippen molar-refractivity contribution in [1.82, 2.24) is 15.1 Å². The Kier molecular flexibility index (Phi) is 7.94. The van der Waals surface area contributed by atoms with Crippen LogP contribution in [0.15, 0.2) is 23.2 Å². The summed E-state index contributed by atoms with van der Waals surface area (Å²) >= 11 is 6.41. The molecule has 28 heavy (non-hydrogen) atoms. The van der Waals surface area contributed by atoms with Crippen molar-refractivity contribution in [3.05, 3.63) is 34.6 Å². The van der Waals surface area contributed by atoms with Gasteiger partial charge in [0.2, 0.25) is 0 Å². The second kappa shape index (κ2) is 10.4. The van der Waals surface area contributed by atoms with Crippen LogP contribution in [0.3, 0.4) is 0 Å². The Morgan fingerprint density at radius 1 is 1.36 bits per heavy atom. The minimum atomic E-state index is -0.245. The normalized spacial score (nSPS) is 22.1. The van der Waals surface area contributed by atoms with E-state index in [1.807, 2.05) is 0 Å². The molecule has 2 aliphatic heterocycles. The lowest BCUT2D eigenvalue weighted by Crippen LogP contribution is -2.41. The molecular weight excluding hydrogens is 379 g/mol. The monoisotopic (exact) mass is 410 g/mol. The lowest BCUT2D eigenvalue weighted by molar-refractivity contribution is 0.157. The first-order valence-corrected chi connectivity index (χ1v) is 10.7. The van der Waals surface area contributed by atoms with E-state index in [-0.39, 0.29) is 11.9 Å². The number of halogens is 2. The van der Waals surface area contributed by atoms with Crippen molar-refractivity contribution >= 4 is 17.6 Å². The largest absolute Gasteiger partial charge is 0.384 e. The van der Waals surface area contributed by atoms with Gasteiger partial charge >= 0.3 is 0 Å². The zero-order chi connectivity index (χ0) is 19.9. The molecule has 2 saturated heterocycles. The SMILES string of the molecule is CCNC(=NCC(c1c(F)cccc1Cl)N1CCCC1)N1CCC(COC)C1. The smallest absolute Gasteiger partial charge is 0.193 e. The molecule has 156 valence electrons. The third kappa shape index (κ3) is 5.16. The van der Waals surface area contributed by atoms with Gasteiger partial charge in [-0.2, -0.15) is 0 Å². The van der Waals surface area contributed by atoms with Crippen LogP contribution < -0.4 is 5.32 Å². The number of methoxy groups -OCH3 is 1. The first-order chi connectivity index (χ1) is 13.6. The fourth-order valence-electron chi connectivity index (χ4n) is 4.27. The summed E-state index contributed by atoms with van der Waals surface area (Å²) in [7, 11) is 1.75. The van der Waals surface area contributed by atoms with E-state index in [0.29, 0.717) is 23.0 Å². The third-order valence-electron chi connectivity index (χ3n) is 5.65. The number of aliphatic imine (C=N–C) groups is 1. The van der Waals surface area contributed by atoms with E-state index in [1.54, 1.807) is 19.2 Å². The molecular formula is C21H32ClFN4O. The van der Waals surface area contributed by atoms with Gasteiger partial charge in [-0.25, -0.2) is 4.39 Å². The molecule has 0 radical (unpaired) electrons. The summed E-state index contributed by atoms with van der Waals surface area (Å²) < 4.78 is 20.0. The van der Waals surface area contributed by atoms with Crippen LogP contribution in [0.5, 0.6) is 0 Å². The molecule has 2 aliphatic rings. The Balaban J connectivity index is 1.80. The van der Waals surface area contributed by atoms with Crippen molar-refractivity contribution in [3.63, 3.8) is 0 Å². The van der Waals surface area contributed by atoms with Crippen molar-refractivity contribution in [2.24, 2.45) is 10.9 Å². The van der Waals surface area contributed by atoms with Crippen molar-refractivity contribution in [2.75, 3.05) is 53.0 Å². The molecule has 2 heterocycles. The minimum Gasteiger partial charge on any atom is -0.384 e. The molecule has 5 nitrogen and oxygen atoms in total. The molecule has 1 aromatic carbocycles. The molecule has 2 atom stereocenters. The Bertz CT molecular complexity index is 646. The number of rotatable bonds is 7. The Morgan fingerprint density at radius 2 is 2.14 bits per heavy atom. The maximum atomic E-state index is 14.7. The molecule has 0 bridgehead atoms. The summed E-state index contributed by atoms with van der Waals surface area (Å²) in [6, 6.07) is 4.79. The molecule has 2 unspecified atom stereocenters. The Morgan fingerprint density at radius 3 is 2.82 bits per heavy atom. The maximum Gasteiger partial charge on any atom is 0.193 e. The van der Waals surface area contributed by atoms with Gasteiger partial charge in [0, 0.05) is 43.2 Å². The lowest BCUT2D eigenvalue weighted by Gasteiger charge is -2.29. The second-order valence-electron chi connectivity index (χ2n) is 7.64. The fraction of sp³-hybridized carbons (Fsp3) is 0.667.